The normalized spacial score (nSPS) is 13.0. The number of pyridine rings is 2. The number of aryl methyl sites for hydroxylation is 1. The molecule has 0 spiro atoms. The highest BCUT2D eigenvalue weighted by Crippen LogP contribution is 2.36. The summed E-state index contributed by atoms with van der Waals surface area (Å²) in [6, 6.07) is 3.72. The lowest BCUT2D eigenvalue weighted by Crippen LogP contribution is -2.27. The first kappa shape index (κ1) is 28.6. The number of fused-ring (bicyclic) bond motifs is 1. The lowest BCUT2D eigenvalue weighted by Gasteiger charge is -2.18. The van der Waals surface area contributed by atoms with Gasteiger partial charge in [-0.3, -0.25) is 14.6 Å². The average Bonchev–Trinajstić information content (AvgIpc) is 2.84. The number of nitrogen functional groups attached to an aromatic ring is 1. The summed E-state index contributed by atoms with van der Waals surface area (Å²) in [7, 11) is 0. The lowest BCUT2D eigenvalue weighted by molar-refractivity contribution is -0.138. The van der Waals surface area contributed by atoms with Crippen molar-refractivity contribution in [2.45, 2.75) is 44.7 Å². The highest BCUT2D eigenvalue weighted by molar-refractivity contribution is 5.86. The van der Waals surface area contributed by atoms with Gasteiger partial charge in [-0.25, -0.2) is 9.49 Å². The Kier molecular flexibility index (Phi) is 7.59. The molecule has 40 heavy (non-hydrogen) atoms. The average molecular weight is 570 g/mol. The third kappa shape index (κ3) is 5.92. The van der Waals surface area contributed by atoms with E-state index >= 15 is 0 Å². The Labute approximate surface area is 220 Å². The molecule has 1 atom stereocenters. The molecule has 15 heteroatoms. The summed E-state index contributed by atoms with van der Waals surface area (Å²) in [5.41, 5.74) is -0.794. The maximum atomic E-state index is 14.9. The van der Waals surface area contributed by atoms with Crippen LogP contribution in [0.1, 0.15) is 30.9 Å². The number of benzene rings is 1. The molecule has 0 aliphatic rings. The molecule has 0 saturated heterocycles. The van der Waals surface area contributed by atoms with Crippen LogP contribution in [-0.2, 0) is 18.9 Å². The molecule has 0 saturated carbocycles. The predicted octanol–water partition coefficient (Wildman–Crippen LogP) is 5.19. The van der Waals surface area contributed by atoms with Gasteiger partial charge in [0.25, 0.3) is 11.1 Å². The van der Waals surface area contributed by atoms with Gasteiger partial charge in [-0.1, -0.05) is 0 Å². The van der Waals surface area contributed by atoms with Gasteiger partial charge >= 0.3 is 12.4 Å². The zero-order chi connectivity index (χ0) is 29.4. The largest absolute Gasteiger partial charge is 0.423 e. The number of aromatic amines is 1. The smallest absolute Gasteiger partial charge is 0.397 e. The van der Waals surface area contributed by atoms with Gasteiger partial charge in [-0.2, -0.15) is 31.4 Å². The van der Waals surface area contributed by atoms with Crippen LogP contribution in [0, 0.1) is 5.82 Å². The lowest BCUT2D eigenvalue weighted by atomic mass is 10.0. The Bertz CT molecular complexity index is 1680. The standard InChI is InChI=1S/C25H21F7N6O2/c1-12(36-20-11-35-37-22(39)21(20)25(30,31)32)3-2-5-38-6-4-13-7-15(17(26)8-14(13)23(38)40)19-9-16(24(27,28)29)18(33)10-34-19/h4,6-12H,2-3,5,33H2,1H3,(H2,36,37,39). The monoisotopic (exact) mass is 570 g/mol. The van der Waals surface area contributed by atoms with Gasteiger partial charge in [-0.05, 0) is 49.4 Å². The van der Waals surface area contributed by atoms with Crippen molar-refractivity contribution in [1.29, 1.82) is 0 Å². The Morgan fingerprint density at radius 2 is 1.80 bits per heavy atom. The molecule has 4 rings (SSSR count). The van der Waals surface area contributed by atoms with Gasteiger partial charge in [0.1, 0.15) is 11.4 Å². The van der Waals surface area contributed by atoms with E-state index in [1.54, 1.807) is 12.0 Å². The van der Waals surface area contributed by atoms with E-state index < -0.39 is 57.8 Å². The Balaban J connectivity index is 1.51. The number of aromatic nitrogens is 4. The maximum absolute atomic E-state index is 14.9. The zero-order valence-corrected chi connectivity index (χ0v) is 20.6. The number of anilines is 2. The first-order valence-electron chi connectivity index (χ1n) is 11.7. The molecule has 3 aromatic heterocycles. The second-order valence-corrected chi connectivity index (χ2v) is 9.06. The highest BCUT2D eigenvalue weighted by Gasteiger charge is 2.37. The van der Waals surface area contributed by atoms with Crippen LogP contribution in [0.3, 0.4) is 0 Å². The van der Waals surface area contributed by atoms with E-state index in [1.165, 1.54) is 22.9 Å². The van der Waals surface area contributed by atoms with Crippen LogP contribution in [-0.4, -0.2) is 25.8 Å². The van der Waals surface area contributed by atoms with Crippen molar-refractivity contribution in [1.82, 2.24) is 19.7 Å². The number of nitrogens with zero attached hydrogens (tertiary/aromatic N) is 3. The third-order valence-electron chi connectivity index (χ3n) is 6.16. The van der Waals surface area contributed by atoms with Crippen molar-refractivity contribution in [3.63, 3.8) is 0 Å². The molecule has 212 valence electrons. The number of nitrogens with one attached hydrogen (secondary N) is 2. The third-order valence-corrected chi connectivity index (χ3v) is 6.16. The maximum Gasteiger partial charge on any atom is 0.423 e. The number of nitrogens with two attached hydrogens (primary N) is 1. The van der Waals surface area contributed by atoms with E-state index in [9.17, 15) is 40.3 Å². The van der Waals surface area contributed by atoms with E-state index in [0.717, 1.165) is 18.5 Å². The van der Waals surface area contributed by atoms with Gasteiger partial charge in [-0.15, -0.1) is 0 Å². The Morgan fingerprint density at radius 3 is 2.48 bits per heavy atom. The fourth-order valence-corrected chi connectivity index (χ4v) is 4.23. The van der Waals surface area contributed by atoms with Crippen LogP contribution in [0.4, 0.5) is 42.1 Å². The number of H-pyrrole nitrogens is 1. The van der Waals surface area contributed by atoms with Crippen molar-refractivity contribution >= 4 is 22.1 Å². The minimum Gasteiger partial charge on any atom is -0.397 e. The van der Waals surface area contributed by atoms with E-state index in [-0.39, 0.29) is 28.6 Å². The molecule has 8 nitrogen and oxygen atoms in total. The van der Waals surface area contributed by atoms with Gasteiger partial charge in [0.05, 0.1) is 40.4 Å². The molecular weight excluding hydrogens is 549 g/mol. The summed E-state index contributed by atoms with van der Waals surface area (Å²) in [5, 5.41) is 8.00. The minimum absolute atomic E-state index is 0.0224. The number of halogens is 7. The van der Waals surface area contributed by atoms with Crippen LogP contribution in [0.25, 0.3) is 22.0 Å². The van der Waals surface area contributed by atoms with Crippen molar-refractivity contribution in [3.8, 4) is 11.3 Å². The van der Waals surface area contributed by atoms with E-state index in [4.69, 9.17) is 5.73 Å². The number of alkyl halides is 6. The molecule has 1 unspecified atom stereocenters. The van der Waals surface area contributed by atoms with Gasteiger partial charge in [0, 0.05) is 24.3 Å². The summed E-state index contributed by atoms with van der Waals surface area (Å²) >= 11 is 0. The molecule has 0 radical (unpaired) electrons. The SMILES string of the molecule is CC(CCCn1ccc2cc(-c3cc(C(F)(F)F)c(N)cn3)c(F)cc2c1=O)Nc1cn[nH]c(=O)c1C(F)(F)F. The summed E-state index contributed by atoms with van der Waals surface area (Å²) < 4.78 is 95.6. The van der Waals surface area contributed by atoms with Gasteiger partial charge < -0.3 is 15.6 Å². The molecule has 0 fully saturated rings. The fourth-order valence-electron chi connectivity index (χ4n) is 4.23. The summed E-state index contributed by atoms with van der Waals surface area (Å²) in [4.78, 5) is 28.4. The van der Waals surface area contributed by atoms with Crippen LogP contribution < -0.4 is 22.2 Å². The summed E-state index contributed by atoms with van der Waals surface area (Å²) in [6.45, 7) is 1.73. The topological polar surface area (TPSA) is 119 Å². The Morgan fingerprint density at radius 1 is 1.07 bits per heavy atom. The molecule has 0 aliphatic heterocycles. The zero-order valence-electron chi connectivity index (χ0n) is 20.6. The molecular formula is C25H21F7N6O2. The number of hydrogen-bond donors (Lipinski definition) is 3. The molecule has 4 N–H and O–H groups in total. The molecule has 0 aliphatic carbocycles. The molecule has 0 amide bonds. The second-order valence-electron chi connectivity index (χ2n) is 9.06. The van der Waals surface area contributed by atoms with Crippen molar-refractivity contribution in [3.05, 3.63) is 80.5 Å². The van der Waals surface area contributed by atoms with Crippen molar-refractivity contribution < 1.29 is 30.7 Å². The summed E-state index contributed by atoms with van der Waals surface area (Å²) in [6.07, 6.45) is -5.97. The number of rotatable bonds is 7. The van der Waals surface area contributed by atoms with Crippen molar-refractivity contribution in [2.24, 2.45) is 0 Å². The first-order chi connectivity index (χ1) is 18.7. The van der Waals surface area contributed by atoms with Gasteiger partial charge in [0.2, 0.25) is 0 Å². The molecule has 0 bridgehead atoms. The van der Waals surface area contributed by atoms with E-state index in [2.05, 4.69) is 15.4 Å². The first-order valence-corrected chi connectivity index (χ1v) is 11.7. The van der Waals surface area contributed by atoms with Crippen LogP contribution in [0.2, 0.25) is 0 Å². The van der Waals surface area contributed by atoms with Crippen LogP contribution in [0.15, 0.2) is 52.4 Å². The predicted molar refractivity (Wildman–Crippen MR) is 133 cm³/mol. The molecule has 3 heterocycles. The quantitative estimate of drug-likeness (QED) is 0.264. The minimum atomic E-state index is -4.89. The van der Waals surface area contributed by atoms with E-state index in [1.807, 2.05) is 0 Å². The van der Waals surface area contributed by atoms with Crippen LogP contribution in [0.5, 0.6) is 0 Å². The highest BCUT2D eigenvalue weighted by atomic mass is 19.4. The second kappa shape index (κ2) is 10.6. The molecule has 4 aromatic rings. The summed E-state index contributed by atoms with van der Waals surface area (Å²) in [5.74, 6) is -0.961. The van der Waals surface area contributed by atoms with Gasteiger partial charge in [0.15, 0.2) is 0 Å². The van der Waals surface area contributed by atoms with Crippen LogP contribution >= 0.6 is 0 Å². The van der Waals surface area contributed by atoms with Crippen molar-refractivity contribution in [2.75, 3.05) is 11.1 Å². The Hall–Kier alpha value is -4.43. The van der Waals surface area contributed by atoms with E-state index in [0.29, 0.717) is 18.9 Å². The number of hydrogen-bond acceptors (Lipinski definition) is 6. The fraction of sp³-hybridized carbons (Fsp3) is 0.280. The molecule has 1 aromatic carbocycles.